The number of rotatable bonds is 8. The molecule has 3 aromatic rings. The third-order valence-electron chi connectivity index (χ3n) is 6.04. The van der Waals surface area contributed by atoms with Gasteiger partial charge in [-0.3, -0.25) is 4.90 Å². The second-order valence-electron chi connectivity index (χ2n) is 8.14. The fourth-order valence-corrected chi connectivity index (χ4v) is 4.05. The molecule has 0 saturated carbocycles. The zero-order chi connectivity index (χ0) is 23.4. The molecule has 0 saturated heterocycles. The van der Waals surface area contributed by atoms with E-state index in [1.54, 1.807) is 12.0 Å². The number of hydrogen-bond acceptors (Lipinski definition) is 5. The van der Waals surface area contributed by atoms with Crippen molar-refractivity contribution < 1.29 is 14.1 Å². The van der Waals surface area contributed by atoms with Crippen LogP contribution in [0.5, 0.6) is 5.75 Å². The van der Waals surface area contributed by atoms with Crippen LogP contribution in [0.2, 0.25) is 0 Å². The van der Waals surface area contributed by atoms with Crippen molar-refractivity contribution in [3.05, 3.63) is 71.2 Å². The topological polar surface area (TPSA) is 80.5 Å². The average Bonchev–Trinajstić information content (AvgIpc) is 3.33. The zero-order valence-corrected chi connectivity index (χ0v) is 19.6. The van der Waals surface area contributed by atoms with Crippen molar-refractivity contribution in [1.82, 2.24) is 20.4 Å². The van der Waals surface area contributed by atoms with Gasteiger partial charge in [0.2, 0.25) is 5.82 Å². The number of methoxy groups -OCH3 is 1. The summed E-state index contributed by atoms with van der Waals surface area (Å²) < 4.78 is 11.2. The average molecular weight is 447 g/mol. The van der Waals surface area contributed by atoms with Crippen molar-refractivity contribution in [2.24, 2.45) is 0 Å². The SMILES string of the molecule is CCCCN1C(=O)NC(c2cccc(OC)c2)C(c2nc(-c3ccc(CC)cc3)no2)=C1C. The van der Waals surface area contributed by atoms with Gasteiger partial charge >= 0.3 is 6.03 Å². The molecule has 4 rings (SSSR count). The summed E-state index contributed by atoms with van der Waals surface area (Å²) in [5, 5.41) is 7.38. The first-order chi connectivity index (χ1) is 16.0. The molecule has 2 aromatic carbocycles. The highest BCUT2D eigenvalue weighted by atomic mass is 16.5. The largest absolute Gasteiger partial charge is 0.497 e. The summed E-state index contributed by atoms with van der Waals surface area (Å²) >= 11 is 0. The Morgan fingerprint density at radius 1 is 1.15 bits per heavy atom. The molecule has 1 N–H and O–H groups in total. The van der Waals surface area contributed by atoms with Crippen LogP contribution in [-0.2, 0) is 6.42 Å². The van der Waals surface area contributed by atoms with Crippen LogP contribution in [0.1, 0.15) is 56.7 Å². The Hall–Kier alpha value is -3.61. The van der Waals surface area contributed by atoms with Crippen LogP contribution in [0, 0.1) is 0 Å². The highest BCUT2D eigenvalue weighted by Crippen LogP contribution is 2.38. The minimum absolute atomic E-state index is 0.132. The summed E-state index contributed by atoms with van der Waals surface area (Å²) in [5.41, 5.74) is 4.64. The van der Waals surface area contributed by atoms with Crippen molar-refractivity contribution in [3.63, 3.8) is 0 Å². The summed E-state index contributed by atoms with van der Waals surface area (Å²) in [7, 11) is 1.63. The van der Waals surface area contributed by atoms with Gasteiger partial charge in [-0.05, 0) is 43.0 Å². The third kappa shape index (κ3) is 4.62. The van der Waals surface area contributed by atoms with Crippen molar-refractivity contribution in [3.8, 4) is 17.1 Å². The molecule has 0 aliphatic carbocycles. The van der Waals surface area contributed by atoms with Crippen LogP contribution in [0.3, 0.4) is 0 Å². The summed E-state index contributed by atoms with van der Waals surface area (Å²) in [6.07, 6.45) is 2.87. The van der Waals surface area contributed by atoms with Crippen LogP contribution in [0.15, 0.2) is 58.8 Å². The summed E-state index contributed by atoms with van der Waals surface area (Å²) in [4.78, 5) is 19.5. The number of aromatic nitrogens is 2. The van der Waals surface area contributed by atoms with E-state index in [1.165, 1.54) is 5.56 Å². The second-order valence-corrected chi connectivity index (χ2v) is 8.14. The number of allylic oxidation sites excluding steroid dienone is 1. The maximum Gasteiger partial charge on any atom is 0.322 e. The summed E-state index contributed by atoms with van der Waals surface area (Å²) in [6, 6.07) is 15.3. The monoisotopic (exact) mass is 446 g/mol. The molecule has 7 nitrogen and oxygen atoms in total. The van der Waals surface area contributed by atoms with E-state index in [0.29, 0.717) is 18.3 Å². The van der Waals surface area contributed by atoms with Gasteiger partial charge < -0.3 is 14.6 Å². The molecule has 0 bridgehead atoms. The van der Waals surface area contributed by atoms with Gasteiger partial charge in [0.25, 0.3) is 5.89 Å². The minimum atomic E-state index is -0.429. The van der Waals surface area contributed by atoms with Crippen LogP contribution >= 0.6 is 0 Å². The van der Waals surface area contributed by atoms with E-state index in [1.807, 2.05) is 43.3 Å². The Balaban J connectivity index is 1.78. The zero-order valence-electron chi connectivity index (χ0n) is 19.6. The van der Waals surface area contributed by atoms with Crippen LogP contribution in [0.25, 0.3) is 17.0 Å². The molecule has 172 valence electrons. The molecule has 1 aliphatic heterocycles. The van der Waals surface area contributed by atoms with Crippen molar-refractivity contribution in [2.75, 3.05) is 13.7 Å². The van der Waals surface area contributed by atoms with Crippen molar-refractivity contribution in [2.45, 2.75) is 46.1 Å². The number of nitrogens with one attached hydrogen (secondary N) is 1. The van der Waals surface area contributed by atoms with E-state index in [2.05, 4.69) is 36.5 Å². The lowest BCUT2D eigenvalue weighted by Crippen LogP contribution is -2.46. The standard InChI is InChI=1S/C26H30N4O3/c1-5-7-15-30-17(3)22(23(27-26(30)31)20-9-8-10-21(16-20)32-4)25-28-24(29-33-25)19-13-11-18(6-2)12-14-19/h8-14,16,23H,5-7,15H2,1-4H3,(H,27,31). The maximum atomic E-state index is 13.0. The quantitative estimate of drug-likeness (QED) is 0.487. The number of carbonyl (C=O) groups is 1. The molecular weight excluding hydrogens is 416 g/mol. The predicted molar refractivity (Wildman–Crippen MR) is 128 cm³/mol. The molecule has 0 fully saturated rings. The highest BCUT2D eigenvalue weighted by molar-refractivity contribution is 5.87. The molecule has 2 amide bonds. The fraction of sp³-hybridized carbons (Fsp3) is 0.346. The summed E-state index contributed by atoms with van der Waals surface area (Å²) in [5.74, 6) is 1.64. The molecule has 7 heteroatoms. The predicted octanol–water partition coefficient (Wildman–Crippen LogP) is 5.61. The van der Waals surface area contributed by atoms with Gasteiger partial charge in [0.1, 0.15) is 5.75 Å². The van der Waals surface area contributed by atoms with Gasteiger partial charge in [-0.1, -0.05) is 61.8 Å². The van der Waals surface area contributed by atoms with Crippen LogP contribution in [0.4, 0.5) is 4.79 Å². The Labute approximate surface area is 194 Å². The van der Waals surface area contributed by atoms with Gasteiger partial charge in [-0.2, -0.15) is 4.98 Å². The maximum absolute atomic E-state index is 13.0. The Morgan fingerprint density at radius 3 is 2.64 bits per heavy atom. The number of ether oxygens (including phenoxy) is 1. The number of hydrogen-bond donors (Lipinski definition) is 1. The molecule has 33 heavy (non-hydrogen) atoms. The van der Waals surface area contributed by atoms with Crippen LogP contribution in [-0.4, -0.2) is 34.7 Å². The van der Waals surface area contributed by atoms with Gasteiger partial charge in [0.05, 0.1) is 18.7 Å². The Bertz CT molecular complexity index is 1150. The van der Waals surface area contributed by atoms with Gasteiger partial charge in [0.15, 0.2) is 0 Å². The van der Waals surface area contributed by atoms with Crippen LogP contribution < -0.4 is 10.1 Å². The Morgan fingerprint density at radius 2 is 1.94 bits per heavy atom. The van der Waals surface area contributed by atoms with E-state index >= 15 is 0 Å². The molecule has 2 heterocycles. The molecule has 1 aliphatic rings. The summed E-state index contributed by atoms with van der Waals surface area (Å²) in [6.45, 7) is 6.80. The minimum Gasteiger partial charge on any atom is -0.497 e. The smallest absolute Gasteiger partial charge is 0.322 e. The van der Waals surface area contributed by atoms with E-state index in [4.69, 9.17) is 14.2 Å². The number of aryl methyl sites for hydroxylation is 1. The van der Waals surface area contributed by atoms with Gasteiger partial charge in [-0.25, -0.2) is 4.79 Å². The van der Waals surface area contributed by atoms with Crippen molar-refractivity contribution >= 4 is 11.6 Å². The van der Waals surface area contributed by atoms with Crippen molar-refractivity contribution in [1.29, 1.82) is 0 Å². The molecule has 1 unspecified atom stereocenters. The van der Waals surface area contributed by atoms with Gasteiger partial charge in [0, 0.05) is 17.8 Å². The first-order valence-electron chi connectivity index (χ1n) is 11.4. The number of benzene rings is 2. The van der Waals surface area contributed by atoms with E-state index in [9.17, 15) is 4.79 Å². The first kappa shape index (κ1) is 22.6. The van der Waals surface area contributed by atoms with E-state index < -0.39 is 6.04 Å². The Kier molecular flexibility index (Phi) is 6.77. The number of urea groups is 1. The molecule has 1 atom stereocenters. The first-order valence-corrected chi connectivity index (χ1v) is 11.4. The number of unbranched alkanes of at least 4 members (excludes halogenated alkanes) is 1. The lowest BCUT2D eigenvalue weighted by molar-refractivity contribution is 0.204. The van der Waals surface area contributed by atoms with Gasteiger partial charge in [-0.15, -0.1) is 0 Å². The van der Waals surface area contributed by atoms with E-state index in [-0.39, 0.29) is 6.03 Å². The number of amides is 2. The molecule has 0 spiro atoms. The highest BCUT2D eigenvalue weighted by Gasteiger charge is 2.35. The molecular formula is C26H30N4O3. The third-order valence-corrected chi connectivity index (χ3v) is 6.04. The lowest BCUT2D eigenvalue weighted by Gasteiger charge is -2.35. The molecule has 0 radical (unpaired) electrons. The second kappa shape index (κ2) is 9.90. The fourth-order valence-electron chi connectivity index (χ4n) is 4.05. The lowest BCUT2D eigenvalue weighted by atomic mass is 9.94. The number of nitrogens with zero attached hydrogens (tertiary/aromatic N) is 3. The normalized spacial score (nSPS) is 16.2. The molecule has 1 aromatic heterocycles. The number of carbonyl (C=O) groups excluding carboxylic acids is 1. The van der Waals surface area contributed by atoms with E-state index in [0.717, 1.165) is 47.4 Å².